The van der Waals surface area contributed by atoms with Gasteiger partial charge in [0.15, 0.2) is 24.2 Å². The maximum Gasteiger partial charge on any atom is 0.231 e. The molecule has 0 atom stereocenters. The minimum absolute atomic E-state index is 0. The molecule has 2 aliphatic heterocycles. The summed E-state index contributed by atoms with van der Waals surface area (Å²) in [7, 11) is 1.73. The Labute approximate surface area is 205 Å². The molecule has 0 saturated heterocycles. The lowest BCUT2D eigenvalue weighted by molar-refractivity contribution is -0.686. The van der Waals surface area contributed by atoms with Gasteiger partial charge in [-0.25, -0.2) is 0 Å². The van der Waals surface area contributed by atoms with Gasteiger partial charge in [-0.3, -0.25) is 0 Å². The summed E-state index contributed by atoms with van der Waals surface area (Å²) in [5, 5.41) is 6.02. The van der Waals surface area contributed by atoms with Crippen LogP contribution in [0.25, 0.3) is 22.0 Å². The van der Waals surface area contributed by atoms with Crippen LogP contribution in [-0.2, 0) is 19.4 Å². The van der Waals surface area contributed by atoms with Crippen LogP contribution in [0.2, 0.25) is 0 Å². The average Bonchev–Trinajstić information content (AvgIpc) is 3.29. The Balaban J connectivity index is 0.00000241. The van der Waals surface area contributed by atoms with E-state index in [1.165, 1.54) is 38.7 Å². The molecule has 0 unspecified atom stereocenters. The molecule has 3 heterocycles. The maximum atomic E-state index is 5.72. The van der Waals surface area contributed by atoms with Crippen molar-refractivity contribution >= 4 is 16.5 Å². The maximum absolute atomic E-state index is 5.72. The zero-order valence-corrected chi connectivity index (χ0v) is 20.1. The van der Waals surface area contributed by atoms with Crippen LogP contribution in [0.4, 0.5) is 5.69 Å². The number of fused-ring (bicyclic) bond motifs is 5. The highest BCUT2D eigenvalue weighted by Gasteiger charge is 2.28. The van der Waals surface area contributed by atoms with Gasteiger partial charge in [-0.15, -0.1) is 0 Å². The summed E-state index contributed by atoms with van der Waals surface area (Å²) < 4.78 is 19.3. The topological polar surface area (TPSA) is 43.6 Å². The summed E-state index contributed by atoms with van der Waals surface area (Å²) in [6, 6.07) is 19.4. The molecule has 0 spiro atoms. The number of halogens is 1. The van der Waals surface area contributed by atoms with E-state index in [0.717, 1.165) is 48.9 Å². The number of ether oxygens (including phenoxy) is 3. The van der Waals surface area contributed by atoms with Crippen LogP contribution in [0.1, 0.15) is 16.7 Å². The molecule has 0 saturated carbocycles. The van der Waals surface area contributed by atoms with Gasteiger partial charge in [0.05, 0.1) is 23.7 Å². The van der Waals surface area contributed by atoms with E-state index in [4.69, 9.17) is 14.2 Å². The number of nitrogens with zero attached hydrogens (tertiary/aromatic N) is 1. The number of hydrogen-bond acceptors (Lipinski definition) is 4. The van der Waals surface area contributed by atoms with Crippen molar-refractivity contribution in [2.75, 3.05) is 25.8 Å². The number of nitrogens with one attached hydrogen (secondary N) is 1. The minimum Gasteiger partial charge on any atom is -1.00 e. The lowest BCUT2D eigenvalue weighted by Gasteiger charge is -2.18. The molecule has 0 bridgehead atoms. The summed E-state index contributed by atoms with van der Waals surface area (Å²) in [4.78, 5) is 0. The van der Waals surface area contributed by atoms with E-state index in [2.05, 4.69) is 77.6 Å². The Morgan fingerprint density at radius 1 is 1.03 bits per heavy atom. The zero-order chi connectivity index (χ0) is 22.4. The first-order valence-electron chi connectivity index (χ1n) is 11.5. The SMILES string of the molecule is COc1ccc2cc3[n+](cc2c1NCCc1cccc(C)c1)CCc1cc2c(cc1-3)OCO2.[Cl-]. The van der Waals surface area contributed by atoms with Crippen molar-refractivity contribution in [2.24, 2.45) is 0 Å². The lowest BCUT2D eigenvalue weighted by atomic mass is 9.95. The van der Waals surface area contributed by atoms with E-state index in [0.29, 0.717) is 6.79 Å². The quantitative estimate of drug-likeness (QED) is 0.450. The number of aromatic nitrogens is 1. The largest absolute Gasteiger partial charge is 1.00 e. The van der Waals surface area contributed by atoms with Gasteiger partial charge >= 0.3 is 0 Å². The summed E-state index contributed by atoms with van der Waals surface area (Å²) in [6.07, 6.45) is 4.19. The number of benzene rings is 3. The Hall–Kier alpha value is -3.44. The van der Waals surface area contributed by atoms with Crippen LogP contribution in [0.3, 0.4) is 0 Å². The molecule has 3 aromatic carbocycles. The van der Waals surface area contributed by atoms with Gasteiger partial charge in [-0.1, -0.05) is 35.9 Å². The molecule has 1 N–H and O–H groups in total. The van der Waals surface area contributed by atoms with E-state index in [1.54, 1.807) is 7.11 Å². The highest BCUT2D eigenvalue weighted by Crippen LogP contribution is 2.41. The molecule has 34 heavy (non-hydrogen) atoms. The second-order valence-electron chi connectivity index (χ2n) is 8.78. The molecule has 0 radical (unpaired) electrons. The number of anilines is 1. The van der Waals surface area contributed by atoms with Crippen molar-refractivity contribution in [3.05, 3.63) is 77.5 Å². The Morgan fingerprint density at radius 2 is 1.88 bits per heavy atom. The van der Waals surface area contributed by atoms with Crippen molar-refractivity contribution in [2.45, 2.75) is 26.3 Å². The average molecular weight is 475 g/mol. The Bertz CT molecular complexity index is 1390. The normalized spacial score (nSPS) is 13.1. The fourth-order valence-corrected chi connectivity index (χ4v) is 4.98. The van der Waals surface area contributed by atoms with Crippen LogP contribution in [-0.4, -0.2) is 20.4 Å². The number of hydrogen-bond donors (Lipinski definition) is 1. The lowest BCUT2D eigenvalue weighted by Crippen LogP contribution is -3.00. The predicted molar refractivity (Wildman–Crippen MR) is 129 cm³/mol. The summed E-state index contributed by atoms with van der Waals surface area (Å²) >= 11 is 0. The molecular weight excluding hydrogens is 448 g/mol. The molecular formula is C28H27ClN2O3. The van der Waals surface area contributed by atoms with Crippen LogP contribution >= 0.6 is 0 Å². The summed E-state index contributed by atoms with van der Waals surface area (Å²) in [6.45, 7) is 4.20. The molecule has 0 fully saturated rings. The second-order valence-corrected chi connectivity index (χ2v) is 8.78. The van der Waals surface area contributed by atoms with Crippen molar-refractivity contribution in [3.8, 4) is 28.5 Å². The second kappa shape index (κ2) is 9.07. The standard InChI is InChI=1S/C28H26N2O3.ClH/c1-18-4-3-5-19(12-18)8-10-29-28-23-16-30-11-9-21-14-26-27(33-17-32-26)15-22(21)24(30)13-20(23)6-7-25(28)31-2;/h3-7,12-16H,8-11,17H2,1-2H3;1H. The van der Waals surface area contributed by atoms with Crippen molar-refractivity contribution in [1.82, 2.24) is 0 Å². The number of methoxy groups -OCH3 is 1. The van der Waals surface area contributed by atoms with Gasteiger partial charge in [-0.05, 0) is 48.1 Å². The molecule has 6 heteroatoms. The monoisotopic (exact) mass is 474 g/mol. The van der Waals surface area contributed by atoms with Gasteiger partial charge in [0, 0.05) is 19.0 Å². The van der Waals surface area contributed by atoms with Crippen molar-refractivity contribution in [1.29, 1.82) is 0 Å². The molecule has 5 nitrogen and oxygen atoms in total. The third kappa shape index (κ3) is 3.90. The first-order valence-corrected chi connectivity index (χ1v) is 11.5. The fraction of sp³-hybridized carbons (Fsp3) is 0.250. The molecule has 4 aromatic rings. The highest BCUT2D eigenvalue weighted by atomic mass is 35.5. The number of rotatable bonds is 5. The fourth-order valence-electron chi connectivity index (χ4n) is 4.98. The van der Waals surface area contributed by atoms with E-state index in [-0.39, 0.29) is 12.4 Å². The minimum atomic E-state index is 0. The van der Waals surface area contributed by atoms with Gasteiger partial charge in [-0.2, -0.15) is 4.57 Å². The van der Waals surface area contributed by atoms with E-state index >= 15 is 0 Å². The molecule has 174 valence electrons. The molecule has 0 amide bonds. The van der Waals surface area contributed by atoms with Gasteiger partial charge < -0.3 is 31.9 Å². The molecule has 0 aliphatic carbocycles. The Morgan fingerprint density at radius 3 is 2.71 bits per heavy atom. The highest BCUT2D eigenvalue weighted by molar-refractivity contribution is 5.97. The van der Waals surface area contributed by atoms with Gasteiger partial charge in [0.2, 0.25) is 12.5 Å². The first-order chi connectivity index (χ1) is 16.2. The van der Waals surface area contributed by atoms with Crippen molar-refractivity contribution < 1.29 is 31.2 Å². The Kier molecular flexibility index (Phi) is 5.96. The number of aryl methyl sites for hydroxylation is 3. The van der Waals surface area contributed by atoms with Crippen LogP contribution in [0.15, 0.2) is 60.8 Å². The zero-order valence-electron chi connectivity index (χ0n) is 19.4. The summed E-state index contributed by atoms with van der Waals surface area (Å²) in [5.74, 6) is 2.55. The van der Waals surface area contributed by atoms with E-state index < -0.39 is 0 Å². The predicted octanol–water partition coefficient (Wildman–Crippen LogP) is 2.05. The van der Waals surface area contributed by atoms with Crippen LogP contribution in [0, 0.1) is 6.92 Å². The van der Waals surface area contributed by atoms with Crippen LogP contribution in [0.5, 0.6) is 17.2 Å². The molecule has 6 rings (SSSR count). The van der Waals surface area contributed by atoms with Crippen LogP contribution < -0.4 is 36.5 Å². The van der Waals surface area contributed by atoms with E-state index in [1.807, 2.05) is 0 Å². The van der Waals surface area contributed by atoms with Gasteiger partial charge in [0.1, 0.15) is 5.75 Å². The number of pyridine rings is 1. The third-order valence-electron chi connectivity index (χ3n) is 6.64. The molecule has 1 aromatic heterocycles. The van der Waals surface area contributed by atoms with Gasteiger partial charge in [0.25, 0.3) is 0 Å². The van der Waals surface area contributed by atoms with E-state index in [9.17, 15) is 0 Å². The third-order valence-corrected chi connectivity index (χ3v) is 6.64. The first kappa shape index (κ1) is 22.4. The van der Waals surface area contributed by atoms with Crippen molar-refractivity contribution in [3.63, 3.8) is 0 Å². The summed E-state index contributed by atoms with van der Waals surface area (Å²) in [5.41, 5.74) is 7.41. The molecule has 2 aliphatic rings. The smallest absolute Gasteiger partial charge is 0.231 e.